The first-order chi connectivity index (χ1) is 6.41. The van der Waals surface area contributed by atoms with Crippen LogP contribution < -0.4 is 10.9 Å². The van der Waals surface area contributed by atoms with E-state index in [-0.39, 0.29) is 6.54 Å². The lowest BCUT2D eigenvalue weighted by molar-refractivity contribution is 0.468. The second kappa shape index (κ2) is 3.95. The van der Waals surface area contributed by atoms with Crippen molar-refractivity contribution in [3.05, 3.63) is 29.8 Å². The summed E-state index contributed by atoms with van der Waals surface area (Å²) in [6.07, 6.45) is 0. The molecule has 0 radical (unpaired) electrons. The monoisotopic (exact) mass is 215 g/mol. The summed E-state index contributed by atoms with van der Waals surface area (Å²) in [4.78, 5) is 0. The molecular weight excluding hydrogens is 202 g/mol. The molecule has 0 atom stereocenters. The lowest BCUT2D eigenvalue weighted by atomic mass is 10.2. The molecule has 14 heavy (non-hydrogen) atoms. The van der Waals surface area contributed by atoms with E-state index in [0.29, 0.717) is 5.69 Å². The van der Waals surface area contributed by atoms with Crippen molar-refractivity contribution in [3.8, 4) is 0 Å². The number of nitrogen functional groups attached to an aromatic ring is 1. The van der Waals surface area contributed by atoms with Crippen LogP contribution in [0, 0.1) is 0 Å². The van der Waals surface area contributed by atoms with Gasteiger partial charge in [-0.3, -0.25) is 0 Å². The first-order valence-electron chi connectivity index (χ1n) is 3.98. The quantitative estimate of drug-likeness (QED) is 0.690. The van der Waals surface area contributed by atoms with Gasteiger partial charge in [-0.1, -0.05) is 18.2 Å². The molecule has 6 heteroatoms. The summed E-state index contributed by atoms with van der Waals surface area (Å²) in [5, 5.41) is 4.93. The lowest BCUT2D eigenvalue weighted by Gasteiger charge is -2.14. The zero-order chi connectivity index (χ0) is 10.8. The van der Waals surface area contributed by atoms with Gasteiger partial charge in [-0.05, 0) is 11.6 Å². The molecule has 78 valence electrons. The smallest absolute Gasteiger partial charge is 0.276 e. The summed E-state index contributed by atoms with van der Waals surface area (Å²) in [6.45, 7) is 0.186. The Kier molecular flexibility index (Phi) is 3.10. The molecule has 1 aromatic rings. The number of rotatable bonds is 3. The second-order valence-corrected chi connectivity index (χ2v) is 4.65. The molecule has 0 saturated heterocycles. The molecule has 0 saturated carbocycles. The van der Waals surface area contributed by atoms with Gasteiger partial charge in [0, 0.05) is 19.3 Å². The molecule has 0 unspecified atom stereocenters. The first kappa shape index (κ1) is 11.0. The number of anilines is 1. The standard InChI is InChI=1S/C8H13N3O2S/c1-11(14(10,12)13)6-7-4-2-3-5-8(7)9/h2-5H,6,9H2,1H3,(H2,10,12,13). The number of benzene rings is 1. The van der Waals surface area contributed by atoms with Crippen molar-refractivity contribution in [1.82, 2.24) is 4.31 Å². The number of hydrogen-bond acceptors (Lipinski definition) is 3. The van der Waals surface area contributed by atoms with Gasteiger partial charge in [0.1, 0.15) is 0 Å². The highest BCUT2D eigenvalue weighted by Crippen LogP contribution is 2.13. The van der Waals surface area contributed by atoms with Gasteiger partial charge in [-0.2, -0.15) is 12.7 Å². The van der Waals surface area contributed by atoms with Crippen molar-refractivity contribution in [3.63, 3.8) is 0 Å². The molecule has 0 aliphatic carbocycles. The molecule has 0 spiro atoms. The van der Waals surface area contributed by atoms with E-state index < -0.39 is 10.2 Å². The van der Waals surface area contributed by atoms with Gasteiger partial charge in [0.15, 0.2) is 0 Å². The zero-order valence-corrected chi connectivity index (χ0v) is 8.66. The van der Waals surface area contributed by atoms with Crippen LogP contribution in [0.1, 0.15) is 5.56 Å². The van der Waals surface area contributed by atoms with E-state index in [1.165, 1.54) is 7.05 Å². The van der Waals surface area contributed by atoms with Crippen molar-refractivity contribution in [2.24, 2.45) is 5.14 Å². The summed E-state index contributed by atoms with van der Waals surface area (Å²) in [5.41, 5.74) is 6.95. The normalized spacial score (nSPS) is 11.9. The van der Waals surface area contributed by atoms with E-state index >= 15 is 0 Å². The summed E-state index contributed by atoms with van der Waals surface area (Å²) < 4.78 is 22.9. The third-order valence-corrected chi connectivity index (χ3v) is 2.88. The van der Waals surface area contributed by atoms with Crippen LogP contribution in [0.2, 0.25) is 0 Å². The molecule has 4 N–H and O–H groups in total. The van der Waals surface area contributed by atoms with Crippen LogP contribution in [0.25, 0.3) is 0 Å². The number of hydrogen-bond donors (Lipinski definition) is 2. The molecule has 0 bridgehead atoms. The Morgan fingerprint density at radius 3 is 2.43 bits per heavy atom. The fraction of sp³-hybridized carbons (Fsp3) is 0.250. The summed E-state index contributed by atoms with van der Waals surface area (Å²) in [6, 6.07) is 7.06. The van der Waals surface area contributed by atoms with Crippen molar-refractivity contribution < 1.29 is 8.42 Å². The molecule has 0 aliphatic rings. The van der Waals surface area contributed by atoms with Gasteiger partial charge in [0.25, 0.3) is 10.2 Å². The van der Waals surface area contributed by atoms with Gasteiger partial charge in [-0.25, -0.2) is 5.14 Å². The average Bonchev–Trinajstić information content (AvgIpc) is 2.07. The minimum Gasteiger partial charge on any atom is -0.398 e. The van der Waals surface area contributed by atoms with E-state index in [1.807, 2.05) is 0 Å². The molecule has 5 nitrogen and oxygen atoms in total. The van der Waals surface area contributed by atoms with Gasteiger partial charge < -0.3 is 5.73 Å². The summed E-state index contributed by atoms with van der Waals surface area (Å²) in [7, 11) is -2.24. The third kappa shape index (κ3) is 2.69. The van der Waals surface area contributed by atoms with Gasteiger partial charge >= 0.3 is 0 Å². The molecule has 1 rings (SSSR count). The molecule has 0 fully saturated rings. The Morgan fingerprint density at radius 2 is 1.93 bits per heavy atom. The number of para-hydroxylation sites is 1. The predicted molar refractivity (Wildman–Crippen MR) is 55.4 cm³/mol. The van der Waals surface area contributed by atoms with E-state index in [4.69, 9.17) is 10.9 Å². The maximum Gasteiger partial charge on any atom is 0.276 e. The maximum atomic E-state index is 10.9. The Balaban J connectivity index is 2.85. The molecule has 1 aromatic carbocycles. The average molecular weight is 215 g/mol. The Bertz CT molecular complexity index is 416. The van der Waals surface area contributed by atoms with Crippen LogP contribution in [0.15, 0.2) is 24.3 Å². The van der Waals surface area contributed by atoms with E-state index in [9.17, 15) is 8.42 Å². The van der Waals surface area contributed by atoms with Crippen molar-refractivity contribution in [2.45, 2.75) is 6.54 Å². The molecule has 0 aliphatic heterocycles. The Morgan fingerprint density at radius 1 is 1.36 bits per heavy atom. The van der Waals surface area contributed by atoms with Crippen LogP contribution in [-0.2, 0) is 16.8 Å². The van der Waals surface area contributed by atoms with E-state index in [2.05, 4.69) is 0 Å². The maximum absolute atomic E-state index is 10.9. The van der Waals surface area contributed by atoms with Crippen molar-refractivity contribution in [2.75, 3.05) is 12.8 Å². The van der Waals surface area contributed by atoms with Crippen LogP contribution in [0.4, 0.5) is 5.69 Å². The van der Waals surface area contributed by atoms with Gasteiger partial charge in [-0.15, -0.1) is 0 Å². The Labute approximate surface area is 83.5 Å². The highest BCUT2D eigenvalue weighted by atomic mass is 32.2. The van der Waals surface area contributed by atoms with Crippen LogP contribution in [0.3, 0.4) is 0 Å². The SMILES string of the molecule is CN(Cc1ccccc1N)S(N)(=O)=O. The molecule has 0 aromatic heterocycles. The van der Waals surface area contributed by atoms with Crippen molar-refractivity contribution in [1.29, 1.82) is 0 Å². The summed E-state index contributed by atoms with van der Waals surface area (Å²) >= 11 is 0. The lowest BCUT2D eigenvalue weighted by Crippen LogP contribution is -2.32. The highest BCUT2D eigenvalue weighted by molar-refractivity contribution is 7.86. The molecular formula is C8H13N3O2S. The van der Waals surface area contributed by atoms with Gasteiger partial charge in [0.05, 0.1) is 0 Å². The predicted octanol–water partition coefficient (Wildman–Crippen LogP) is -0.0959. The number of nitrogens with two attached hydrogens (primary N) is 2. The highest BCUT2D eigenvalue weighted by Gasteiger charge is 2.12. The fourth-order valence-electron chi connectivity index (χ4n) is 1.01. The topological polar surface area (TPSA) is 89.4 Å². The van der Waals surface area contributed by atoms with Crippen molar-refractivity contribution >= 4 is 15.9 Å². The largest absolute Gasteiger partial charge is 0.398 e. The van der Waals surface area contributed by atoms with Crippen LogP contribution in [-0.4, -0.2) is 19.8 Å². The van der Waals surface area contributed by atoms with Crippen LogP contribution in [0.5, 0.6) is 0 Å². The summed E-state index contributed by atoms with van der Waals surface area (Å²) in [5.74, 6) is 0. The Hall–Kier alpha value is -1.11. The van der Waals surface area contributed by atoms with E-state index in [0.717, 1.165) is 9.87 Å². The molecule has 0 amide bonds. The van der Waals surface area contributed by atoms with E-state index in [1.54, 1.807) is 24.3 Å². The second-order valence-electron chi connectivity index (χ2n) is 3.00. The number of nitrogens with zero attached hydrogens (tertiary/aromatic N) is 1. The van der Waals surface area contributed by atoms with Gasteiger partial charge in [0.2, 0.25) is 0 Å². The third-order valence-electron chi connectivity index (χ3n) is 1.88. The minimum atomic E-state index is -3.64. The van der Waals surface area contributed by atoms with Crippen LogP contribution >= 0.6 is 0 Å². The minimum absolute atomic E-state index is 0.186. The molecule has 0 heterocycles. The zero-order valence-electron chi connectivity index (χ0n) is 7.84. The first-order valence-corrected chi connectivity index (χ1v) is 5.49. The fourth-order valence-corrected chi connectivity index (χ4v) is 1.33.